The molecule has 2 aromatic carbocycles. The Kier molecular flexibility index (Phi) is 13.2. The van der Waals surface area contributed by atoms with Crippen LogP contribution in [0.2, 0.25) is 0 Å². The monoisotopic (exact) mass is 610 g/mol. The molecule has 2 aromatic heterocycles. The van der Waals surface area contributed by atoms with Gasteiger partial charge >= 0.3 is 0 Å². The van der Waals surface area contributed by atoms with E-state index < -0.39 is 0 Å². The number of thioether (sulfide) groups is 1. The zero-order valence-electron chi connectivity index (χ0n) is 24.5. The number of aromatic nitrogens is 2. The molecule has 11 heteroatoms. The van der Waals surface area contributed by atoms with Gasteiger partial charge in [0.1, 0.15) is 23.1 Å². The van der Waals surface area contributed by atoms with Gasteiger partial charge in [-0.2, -0.15) is 0 Å². The maximum absolute atomic E-state index is 12.3. The quantitative estimate of drug-likeness (QED) is 0.0310. The molecule has 0 unspecified atom stereocenters. The number of carbonyl (C=O) groups excluding carboxylic acids is 1. The minimum atomic E-state index is -0.213. The maximum atomic E-state index is 12.3. The Balaban J connectivity index is 1.34. The molecule has 0 aliphatic heterocycles. The number of nitrogens with one attached hydrogen (secondary N) is 3. The third kappa shape index (κ3) is 10.8. The van der Waals surface area contributed by atoms with Crippen LogP contribution >= 0.6 is 11.8 Å². The summed E-state index contributed by atoms with van der Waals surface area (Å²) in [6.45, 7) is 1.44. The summed E-state index contributed by atoms with van der Waals surface area (Å²) in [7, 11) is 0. The highest BCUT2D eigenvalue weighted by Gasteiger charge is 2.08. The third-order valence-electron chi connectivity index (χ3n) is 6.43. The van der Waals surface area contributed by atoms with Crippen molar-refractivity contribution in [2.24, 2.45) is 16.7 Å². The van der Waals surface area contributed by atoms with Crippen molar-refractivity contribution in [1.82, 2.24) is 20.7 Å². The van der Waals surface area contributed by atoms with Gasteiger partial charge in [-0.3, -0.25) is 9.79 Å². The molecule has 228 valence electrons. The Morgan fingerprint density at radius 2 is 1.75 bits per heavy atom. The molecule has 0 bridgehead atoms. The lowest BCUT2D eigenvalue weighted by Gasteiger charge is -2.11. The van der Waals surface area contributed by atoms with Gasteiger partial charge < -0.3 is 20.9 Å². The number of anilines is 1. The largest absolute Gasteiger partial charge is 0.491 e. The fourth-order valence-corrected chi connectivity index (χ4v) is 5.00. The summed E-state index contributed by atoms with van der Waals surface area (Å²) >= 11 is 1.80. The van der Waals surface area contributed by atoms with Crippen LogP contribution in [-0.2, 0) is 12.8 Å². The van der Waals surface area contributed by atoms with Crippen molar-refractivity contribution in [3.63, 3.8) is 0 Å². The number of hydrogen-bond acceptors (Lipinski definition) is 9. The summed E-state index contributed by atoms with van der Waals surface area (Å²) in [6, 6.07) is 27.9. The van der Waals surface area contributed by atoms with Crippen molar-refractivity contribution in [1.29, 1.82) is 0 Å². The number of nitrogen functional groups attached to an aromatic ring is 1. The molecule has 0 saturated carbocycles. The van der Waals surface area contributed by atoms with E-state index in [0.29, 0.717) is 54.8 Å². The van der Waals surface area contributed by atoms with Gasteiger partial charge in [0.05, 0.1) is 12.2 Å². The molecule has 0 atom stereocenters. The molecule has 4 rings (SSSR count). The first-order chi connectivity index (χ1) is 21.6. The van der Waals surface area contributed by atoms with Crippen LogP contribution in [-0.4, -0.2) is 47.2 Å². The van der Waals surface area contributed by atoms with E-state index in [4.69, 9.17) is 21.4 Å². The number of ether oxygens (including phenoxy) is 1. The second-order valence-corrected chi connectivity index (χ2v) is 10.8. The summed E-state index contributed by atoms with van der Waals surface area (Å²) < 4.78 is 6.16. The molecule has 10 nitrogen and oxygen atoms in total. The second-order valence-electron chi connectivity index (χ2n) is 9.61. The Bertz CT molecular complexity index is 1500. The highest BCUT2D eigenvalue weighted by atomic mass is 32.2. The van der Waals surface area contributed by atoms with Crippen LogP contribution in [0.3, 0.4) is 0 Å². The minimum absolute atomic E-state index is 0.213. The van der Waals surface area contributed by atoms with Gasteiger partial charge in [-0.15, -0.1) is 11.8 Å². The van der Waals surface area contributed by atoms with Crippen LogP contribution in [0.1, 0.15) is 33.7 Å². The fourth-order valence-electron chi connectivity index (χ4n) is 4.10. The van der Waals surface area contributed by atoms with E-state index in [0.717, 1.165) is 24.3 Å². The molecule has 0 radical (unpaired) electrons. The number of hydrazine groups is 2. The molecule has 4 aromatic rings. The smallest absolute Gasteiger partial charge is 0.252 e. The highest BCUT2D eigenvalue weighted by molar-refractivity contribution is 7.99. The van der Waals surface area contributed by atoms with Gasteiger partial charge in [-0.05, 0) is 67.0 Å². The van der Waals surface area contributed by atoms with Crippen LogP contribution in [0.15, 0.2) is 107 Å². The number of nitrogens with two attached hydrogens (primary N) is 2. The number of amidine groups is 1. The van der Waals surface area contributed by atoms with E-state index in [2.05, 4.69) is 50.4 Å². The Hall–Kier alpha value is -4.71. The topological polar surface area (TPSA) is 153 Å². The Morgan fingerprint density at radius 3 is 2.48 bits per heavy atom. The van der Waals surface area contributed by atoms with Crippen LogP contribution in [0.5, 0.6) is 5.75 Å². The standard InChI is InChI=1S/C33H38N8O2S/c34-40-31(36-20-7-21-37-33(42)26-12-16-32(41-35)38-24-26)17-14-29-30(43-22-18-25-8-3-1-4-9-25)15-13-27(39-29)19-23-44-28-10-5-2-6-11-28/h1-6,8-17,24H,7,18-23,34-35H2,(H,36,40)(H,37,42)(H,38,41)/b17-14+. The predicted octanol–water partition coefficient (Wildman–Crippen LogP) is 4.41. The molecule has 0 aliphatic carbocycles. The molecule has 2 heterocycles. The van der Waals surface area contributed by atoms with E-state index in [-0.39, 0.29) is 5.91 Å². The summed E-state index contributed by atoms with van der Waals surface area (Å²) in [6.07, 6.45) is 7.34. The van der Waals surface area contributed by atoms with Crippen molar-refractivity contribution in [2.45, 2.75) is 24.2 Å². The number of benzene rings is 2. The van der Waals surface area contributed by atoms with Crippen LogP contribution in [0.4, 0.5) is 5.82 Å². The van der Waals surface area contributed by atoms with E-state index >= 15 is 0 Å². The van der Waals surface area contributed by atoms with Crippen LogP contribution < -0.4 is 32.6 Å². The number of amides is 1. The number of aryl methyl sites for hydroxylation is 1. The second kappa shape index (κ2) is 18.1. The number of pyridine rings is 2. The first-order valence-electron chi connectivity index (χ1n) is 14.4. The SMILES string of the molecule is NNC(/C=C/c1nc(CCSc2ccccc2)ccc1OCCc1ccccc1)=NCCCNC(=O)c1ccc(NN)nc1. The number of aliphatic imine (C=N–C) groups is 1. The minimum Gasteiger partial charge on any atom is -0.491 e. The molecule has 1 amide bonds. The van der Waals surface area contributed by atoms with Gasteiger partial charge in [0.15, 0.2) is 0 Å². The van der Waals surface area contributed by atoms with Crippen molar-refractivity contribution < 1.29 is 9.53 Å². The van der Waals surface area contributed by atoms with E-state index in [1.807, 2.05) is 54.6 Å². The Labute approximate surface area is 262 Å². The maximum Gasteiger partial charge on any atom is 0.252 e. The molecular weight excluding hydrogens is 572 g/mol. The van der Waals surface area contributed by atoms with Crippen LogP contribution in [0.25, 0.3) is 6.08 Å². The highest BCUT2D eigenvalue weighted by Crippen LogP contribution is 2.22. The fraction of sp³-hybridized carbons (Fsp3) is 0.212. The molecule has 0 spiro atoms. The molecule has 0 aliphatic rings. The average molecular weight is 611 g/mol. The zero-order chi connectivity index (χ0) is 30.8. The first kappa shape index (κ1) is 32.2. The van der Waals surface area contributed by atoms with E-state index in [1.165, 1.54) is 16.7 Å². The van der Waals surface area contributed by atoms with E-state index in [9.17, 15) is 4.79 Å². The van der Waals surface area contributed by atoms with Gasteiger partial charge in [0.25, 0.3) is 5.91 Å². The first-order valence-corrected chi connectivity index (χ1v) is 15.4. The number of hydrogen-bond donors (Lipinski definition) is 5. The van der Waals surface area contributed by atoms with Crippen molar-refractivity contribution in [2.75, 3.05) is 30.9 Å². The number of rotatable bonds is 16. The summed E-state index contributed by atoms with van der Waals surface area (Å²) in [5, 5.41) is 2.86. The lowest BCUT2D eigenvalue weighted by Crippen LogP contribution is -2.29. The Morgan fingerprint density at radius 1 is 0.955 bits per heavy atom. The third-order valence-corrected chi connectivity index (χ3v) is 7.44. The molecule has 7 N–H and O–H groups in total. The van der Waals surface area contributed by atoms with Gasteiger partial charge in [-0.1, -0.05) is 48.5 Å². The van der Waals surface area contributed by atoms with Gasteiger partial charge in [0.2, 0.25) is 0 Å². The van der Waals surface area contributed by atoms with Gasteiger partial charge in [-0.25, -0.2) is 21.7 Å². The summed E-state index contributed by atoms with van der Waals surface area (Å²) in [4.78, 5) is 27.0. The van der Waals surface area contributed by atoms with Gasteiger partial charge in [0, 0.05) is 42.0 Å². The van der Waals surface area contributed by atoms with Crippen molar-refractivity contribution in [3.05, 3.63) is 120 Å². The number of nitrogens with zero attached hydrogens (tertiary/aromatic N) is 3. The molecule has 44 heavy (non-hydrogen) atoms. The number of carbonyl (C=O) groups is 1. The summed E-state index contributed by atoms with van der Waals surface area (Å²) in [5.41, 5.74) is 8.42. The molecular formula is C33H38N8O2S. The molecule has 0 saturated heterocycles. The zero-order valence-corrected chi connectivity index (χ0v) is 25.3. The van der Waals surface area contributed by atoms with E-state index in [1.54, 1.807) is 30.0 Å². The normalized spacial score (nSPS) is 11.4. The summed E-state index contributed by atoms with van der Waals surface area (Å²) in [5.74, 6) is 13.4. The van der Waals surface area contributed by atoms with Crippen molar-refractivity contribution >= 4 is 35.4 Å². The lowest BCUT2D eigenvalue weighted by molar-refractivity contribution is 0.0953. The molecule has 0 fully saturated rings. The average Bonchev–Trinajstić information content (AvgIpc) is 3.07. The van der Waals surface area contributed by atoms with Crippen LogP contribution in [0, 0.1) is 0 Å². The van der Waals surface area contributed by atoms with Crippen molar-refractivity contribution in [3.8, 4) is 5.75 Å². The predicted molar refractivity (Wildman–Crippen MR) is 178 cm³/mol. The lowest BCUT2D eigenvalue weighted by atomic mass is 10.2.